The zero-order valence-corrected chi connectivity index (χ0v) is 24.2. The number of amides is 3. The Morgan fingerprint density at radius 3 is 2.23 bits per heavy atom. The average molecular weight is 542 g/mol. The highest BCUT2D eigenvalue weighted by Crippen LogP contribution is 2.35. The highest BCUT2D eigenvalue weighted by molar-refractivity contribution is 5.87. The smallest absolute Gasteiger partial charge is 0.315 e. The van der Waals surface area contributed by atoms with Gasteiger partial charge in [-0.05, 0) is 49.1 Å². The first kappa shape index (κ1) is 30.9. The molecule has 0 radical (unpaired) electrons. The number of nitrogens with one attached hydrogen (secondary N) is 4. The van der Waals surface area contributed by atoms with Gasteiger partial charge in [0.25, 0.3) is 0 Å². The summed E-state index contributed by atoms with van der Waals surface area (Å²) < 4.78 is 4.93. The molecule has 8 nitrogen and oxygen atoms in total. The van der Waals surface area contributed by atoms with Crippen molar-refractivity contribution in [3.63, 3.8) is 0 Å². The Hall–Kier alpha value is -2.61. The van der Waals surface area contributed by atoms with E-state index in [4.69, 9.17) is 10.1 Å². The monoisotopic (exact) mass is 541 g/mol. The number of methoxy groups -OCH3 is 1. The lowest BCUT2D eigenvalue weighted by Crippen LogP contribution is -2.52. The van der Waals surface area contributed by atoms with E-state index >= 15 is 0 Å². The molecule has 0 unspecified atom stereocenters. The molecule has 39 heavy (non-hydrogen) atoms. The fourth-order valence-electron chi connectivity index (χ4n) is 6.24. The molecule has 0 bridgehead atoms. The molecular formula is C31H51N5O3. The van der Waals surface area contributed by atoms with Gasteiger partial charge in [0.05, 0.1) is 13.2 Å². The number of hydrogen-bond donors (Lipinski definition) is 4. The third kappa shape index (κ3) is 11.2. The minimum Gasteiger partial charge on any atom is -0.383 e. The molecular weight excluding hydrogens is 490 g/mol. The van der Waals surface area contributed by atoms with Crippen molar-refractivity contribution in [2.45, 2.75) is 109 Å². The van der Waals surface area contributed by atoms with Gasteiger partial charge in [0.1, 0.15) is 0 Å². The zero-order valence-electron chi connectivity index (χ0n) is 24.2. The molecule has 1 aromatic carbocycles. The summed E-state index contributed by atoms with van der Waals surface area (Å²) in [6.07, 6.45) is 17.3. The van der Waals surface area contributed by atoms with E-state index in [1.807, 2.05) is 24.3 Å². The minimum atomic E-state index is -0.234. The molecule has 3 rings (SSSR count). The van der Waals surface area contributed by atoms with E-state index in [0.717, 1.165) is 36.3 Å². The molecule has 0 saturated heterocycles. The largest absolute Gasteiger partial charge is 0.383 e. The number of guanidine groups is 1. The summed E-state index contributed by atoms with van der Waals surface area (Å²) in [5, 5.41) is 17.9. The number of urea groups is 1. The van der Waals surface area contributed by atoms with Crippen LogP contribution in [0.1, 0.15) is 102 Å². The van der Waals surface area contributed by atoms with Crippen LogP contribution in [0.2, 0.25) is 0 Å². The van der Waals surface area contributed by atoms with E-state index in [0.29, 0.717) is 32.2 Å². The van der Waals surface area contributed by atoms with Gasteiger partial charge in [-0.1, -0.05) is 88.5 Å². The molecule has 1 atom stereocenters. The van der Waals surface area contributed by atoms with Crippen molar-refractivity contribution >= 4 is 18.4 Å². The Kier molecular flexibility index (Phi) is 13.1. The van der Waals surface area contributed by atoms with Crippen molar-refractivity contribution in [2.24, 2.45) is 11.8 Å². The maximum atomic E-state index is 12.1. The van der Waals surface area contributed by atoms with E-state index in [9.17, 15) is 9.59 Å². The summed E-state index contributed by atoms with van der Waals surface area (Å²) in [6.45, 7) is 3.95. The summed E-state index contributed by atoms with van der Waals surface area (Å²) in [5.74, 6) is 1.68. The Morgan fingerprint density at radius 1 is 1.00 bits per heavy atom. The molecule has 8 heteroatoms. The molecule has 218 valence electrons. The maximum absolute atomic E-state index is 12.1. The molecule has 2 fully saturated rings. The molecule has 3 amide bonds. The number of benzene rings is 1. The number of carbonyl (C=O) groups excluding carboxylic acids is 2. The Labute approximate surface area is 235 Å². The molecule has 2 aliphatic rings. The Morgan fingerprint density at radius 2 is 1.62 bits per heavy atom. The van der Waals surface area contributed by atoms with Crippen LogP contribution in [0.15, 0.2) is 24.3 Å². The van der Waals surface area contributed by atoms with Gasteiger partial charge in [-0.2, -0.15) is 0 Å². The maximum Gasteiger partial charge on any atom is 0.315 e. The van der Waals surface area contributed by atoms with Crippen molar-refractivity contribution in [3.05, 3.63) is 35.4 Å². The molecule has 0 aromatic heterocycles. The first-order chi connectivity index (χ1) is 18.9. The highest BCUT2D eigenvalue weighted by atomic mass is 16.5. The van der Waals surface area contributed by atoms with Crippen molar-refractivity contribution in [2.75, 3.05) is 20.3 Å². The van der Waals surface area contributed by atoms with Gasteiger partial charge in [0.15, 0.2) is 5.96 Å². The summed E-state index contributed by atoms with van der Waals surface area (Å²) >= 11 is 0. The predicted molar refractivity (Wildman–Crippen MR) is 156 cm³/mol. The van der Waals surface area contributed by atoms with Crippen LogP contribution in [0, 0.1) is 17.2 Å². The van der Waals surface area contributed by atoms with Crippen LogP contribution < -0.4 is 16.0 Å². The van der Waals surface area contributed by atoms with Crippen LogP contribution in [-0.2, 0) is 22.6 Å². The summed E-state index contributed by atoms with van der Waals surface area (Å²) in [7, 11) is 1.60. The van der Waals surface area contributed by atoms with Gasteiger partial charge in [-0.15, -0.1) is 0 Å². The summed E-state index contributed by atoms with van der Waals surface area (Å²) in [5.41, 5.74) is 1.73. The molecule has 0 spiro atoms. The lowest BCUT2D eigenvalue weighted by atomic mass is 9.76. The molecule has 2 aliphatic carbocycles. The predicted octanol–water partition coefficient (Wildman–Crippen LogP) is 5.70. The lowest BCUT2D eigenvalue weighted by Gasteiger charge is -2.39. The summed E-state index contributed by atoms with van der Waals surface area (Å²) in [6, 6.07) is 7.56. The number of ether oxygens (including phenoxy) is 1. The van der Waals surface area contributed by atoms with E-state index < -0.39 is 0 Å². The van der Waals surface area contributed by atoms with Crippen LogP contribution in [0.25, 0.3) is 0 Å². The first-order valence-electron chi connectivity index (χ1n) is 15.1. The van der Waals surface area contributed by atoms with Gasteiger partial charge in [-0.3, -0.25) is 15.1 Å². The van der Waals surface area contributed by atoms with Crippen molar-refractivity contribution in [1.29, 1.82) is 5.41 Å². The fourth-order valence-corrected chi connectivity index (χ4v) is 6.24. The molecule has 0 aliphatic heterocycles. The van der Waals surface area contributed by atoms with Crippen molar-refractivity contribution in [1.82, 2.24) is 20.9 Å². The quantitative estimate of drug-likeness (QED) is 0.105. The number of hydrogen-bond acceptors (Lipinski definition) is 4. The molecule has 1 aromatic rings. The second kappa shape index (κ2) is 16.5. The van der Waals surface area contributed by atoms with Crippen LogP contribution >= 0.6 is 0 Å². The molecule has 4 N–H and O–H groups in total. The fraction of sp³-hybridized carbons (Fsp3) is 0.710. The van der Waals surface area contributed by atoms with Crippen molar-refractivity contribution in [3.8, 4) is 0 Å². The lowest BCUT2D eigenvalue weighted by molar-refractivity contribution is -0.115. The molecule has 0 heterocycles. The average Bonchev–Trinajstić information content (AvgIpc) is 2.95. The Bertz CT molecular complexity index is 881. The minimum absolute atomic E-state index is 0.183. The van der Waals surface area contributed by atoms with Crippen LogP contribution in [0.4, 0.5) is 4.79 Å². The number of rotatable bonds is 14. The topological polar surface area (TPSA) is 107 Å². The molecule has 2 saturated carbocycles. The second-order valence-corrected chi connectivity index (χ2v) is 11.9. The third-order valence-electron chi connectivity index (χ3n) is 8.55. The number of carbonyl (C=O) groups is 2. The Balaban J connectivity index is 1.55. The van der Waals surface area contributed by atoms with Crippen molar-refractivity contribution < 1.29 is 14.3 Å². The van der Waals surface area contributed by atoms with Gasteiger partial charge in [0.2, 0.25) is 6.41 Å². The van der Waals surface area contributed by atoms with E-state index in [1.165, 1.54) is 75.5 Å². The first-order valence-corrected chi connectivity index (χ1v) is 15.1. The van der Waals surface area contributed by atoms with E-state index in [-0.39, 0.29) is 17.5 Å². The van der Waals surface area contributed by atoms with Gasteiger partial charge >= 0.3 is 6.03 Å². The van der Waals surface area contributed by atoms with Gasteiger partial charge < -0.3 is 20.7 Å². The van der Waals surface area contributed by atoms with Gasteiger partial charge in [-0.25, -0.2) is 4.79 Å². The normalized spacial score (nSPS) is 18.1. The van der Waals surface area contributed by atoms with E-state index in [1.54, 1.807) is 7.11 Å². The zero-order chi connectivity index (χ0) is 27.9. The standard InChI is InChI=1S/C31H51N5O3/c1-31(21-26-11-7-4-8-12-26,18-17-25-9-5-3-6-10-25)35-29(32)36(24-37)23-28-15-13-27(14-16-28)22-34-30(38)33-19-20-39-2/h13-16,24-26H,3-12,17-23H2,1-2H3,(H2,32,35)(H2,33,34,38)/t31-/m1/s1. The SMILES string of the molecule is COCCNC(=O)NCc1ccc(CN(C=O)C(=N)N[C@](C)(CCC2CCCCC2)CC2CCCCC2)cc1. The van der Waals surface area contributed by atoms with Crippen LogP contribution in [0.3, 0.4) is 0 Å². The highest BCUT2D eigenvalue weighted by Gasteiger charge is 2.32. The summed E-state index contributed by atoms with van der Waals surface area (Å²) in [4.78, 5) is 25.4. The van der Waals surface area contributed by atoms with Gasteiger partial charge in [0, 0.05) is 25.7 Å². The van der Waals surface area contributed by atoms with Crippen LogP contribution in [-0.4, -0.2) is 49.1 Å². The number of nitrogens with zero attached hydrogens (tertiary/aromatic N) is 1. The second-order valence-electron chi connectivity index (χ2n) is 11.9. The van der Waals surface area contributed by atoms with Crippen LogP contribution in [0.5, 0.6) is 0 Å². The third-order valence-corrected chi connectivity index (χ3v) is 8.55. The van der Waals surface area contributed by atoms with E-state index in [2.05, 4.69) is 22.9 Å².